The van der Waals surface area contributed by atoms with Crippen LogP contribution in [-0.2, 0) is 33.8 Å². The Labute approximate surface area is 542 Å². The van der Waals surface area contributed by atoms with Gasteiger partial charge in [0.1, 0.15) is 0 Å². The van der Waals surface area contributed by atoms with Crippen LogP contribution in [0.3, 0.4) is 0 Å². The van der Waals surface area contributed by atoms with Crippen molar-refractivity contribution in [2.24, 2.45) is 0 Å². The summed E-state index contributed by atoms with van der Waals surface area (Å²) in [6.45, 7) is 41.0. The van der Waals surface area contributed by atoms with Crippen LogP contribution >= 0.6 is 0 Å². The van der Waals surface area contributed by atoms with E-state index in [4.69, 9.17) is 14.0 Å². The Kier molecular flexibility index (Phi) is 17.3. The topological polar surface area (TPSA) is 27.7 Å². The number of benzene rings is 12. The van der Waals surface area contributed by atoms with Crippen molar-refractivity contribution in [1.82, 2.24) is 0 Å². The number of rotatable bonds is 15. The molecule has 0 fully saturated rings. The quantitative estimate of drug-likeness (QED) is 0.0958. The van der Waals surface area contributed by atoms with Gasteiger partial charge < -0.3 is 14.0 Å². The lowest BCUT2D eigenvalue weighted by molar-refractivity contribution is 0.0779. The number of hydrogen-bond acceptors (Lipinski definition) is 3. The van der Waals surface area contributed by atoms with Crippen LogP contribution in [0.5, 0.6) is 0 Å². The third-order valence-corrected chi connectivity index (χ3v) is 19.2. The van der Waals surface area contributed by atoms with Gasteiger partial charge in [0, 0.05) is 0 Å². The van der Waals surface area contributed by atoms with Gasteiger partial charge in [0.25, 0.3) is 0 Å². The highest BCUT2D eigenvalue weighted by atomic mass is 16.7. The van der Waals surface area contributed by atoms with Crippen molar-refractivity contribution in [2.45, 2.75) is 144 Å². The molecular weight excluding hydrogens is 1100 g/mol. The Morgan fingerprint density at radius 1 is 0.220 bits per heavy atom. The lowest BCUT2D eigenvalue weighted by Gasteiger charge is -2.27. The summed E-state index contributed by atoms with van der Waals surface area (Å²) >= 11 is 0. The molecule has 0 saturated carbocycles. The molecule has 0 heterocycles. The van der Waals surface area contributed by atoms with Gasteiger partial charge in [0.2, 0.25) is 0 Å². The van der Waals surface area contributed by atoms with E-state index in [-0.39, 0.29) is 19.8 Å². The molecule has 0 N–H and O–H groups in total. The maximum absolute atomic E-state index is 7.65. The summed E-state index contributed by atoms with van der Waals surface area (Å²) in [4.78, 5) is 0. The molecule has 12 aromatic rings. The van der Waals surface area contributed by atoms with E-state index >= 15 is 0 Å². The van der Waals surface area contributed by atoms with Crippen LogP contribution in [0.25, 0.3) is 99.1 Å². The van der Waals surface area contributed by atoms with Crippen LogP contribution in [0.1, 0.15) is 117 Å². The van der Waals surface area contributed by atoms with Crippen molar-refractivity contribution in [3.8, 4) is 66.8 Å². The normalized spacial score (nSPS) is 11.7. The van der Waals surface area contributed by atoms with Crippen LogP contribution in [0.2, 0.25) is 0 Å². The number of hydrogen-bond donors (Lipinski definition) is 0. The second-order valence-corrected chi connectivity index (χ2v) is 26.9. The van der Waals surface area contributed by atoms with E-state index in [0.29, 0.717) is 0 Å². The first-order chi connectivity index (χ1) is 43.5. The standard InChI is InChI=1S/C87H87BO3/c1-49-31-55(7)79(56(8)32-49)73-43-67-25-19-22-28-70(67)76(85(73)82-61(13)37-52(4)38-62(82)14)46-89-88(90-47-77-71-29-23-20-26-68(71)44-74(80-57(9)33-50(2)34-58(80)10)86(77)83-63(15)39-53(5)40-64(83)16)91-48-78-72-30-24-21-27-69(72)45-75(81-59(11)35-51(3)36-60(81)12)87(78)84-65(17)41-54(6)42-66(84)18/h19-45H,46-48H2,1-18H3. The average Bonchev–Trinajstić information content (AvgIpc) is 0.765. The van der Waals surface area contributed by atoms with E-state index in [2.05, 4.69) is 288 Å². The van der Waals surface area contributed by atoms with Crippen molar-refractivity contribution >= 4 is 39.6 Å². The number of aryl methyl sites for hydroxylation is 18. The molecule has 91 heavy (non-hydrogen) atoms. The summed E-state index contributed by atoms with van der Waals surface area (Å²) in [5.41, 5.74) is 40.1. The molecular formula is C87H87BO3. The van der Waals surface area contributed by atoms with Crippen molar-refractivity contribution in [3.05, 3.63) is 281 Å². The first-order valence-corrected chi connectivity index (χ1v) is 32.5. The van der Waals surface area contributed by atoms with Gasteiger partial charge in [0.15, 0.2) is 0 Å². The summed E-state index contributed by atoms with van der Waals surface area (Å²) in [5, 5.41) is 6.84. The zero-order valence-corrected chi connectivity index (χ0v) is 57.0. The van der Waals surface area contributed by atoms with Crippen molar-refractivity contribution in [1.29, 1.82) is 0 Å². The Bertz CT molecular complexity index is 4290. The summed E-state index contributed by atoms with van der Waals surface area (Å²) in [5.74, 6) is 0. The highest BCUT2D eigenvalue weighted by molar-refractivity contribution is 6.36. The number of fused-ring (bicyclic) bond motifs is 3. The molecule has 0 aliphatic carbocycles. The Morgan fingerprint density at radius 3 is 0.615 bits per heavy atom. The van der Waals surface area contributed by atoms with Crippen LogP contribution < -0.4 is 0 Å². The predicted octanol–water partition coefficient (Wildman–Crippen LogP) is 23.6. The molecule has 0 saturated heterocycles. The van der Waals surface area contributed by atoms with Crippen LogP contribution in [0.4, 0.5) is 0 Å². The van der Waals surface area contributed by atoms with E-state index in [1.165, 1.54) is 167 Å². The predicted molar refractivity (Wildman–Crippen MR) is 390 cm³/mol. The van der Waals surface area contributed by atoms with Gasteiger partial charge in [-0.25, -0.2) is 0 Å². The van der Waals surface area contributed by atoms with E-state index in [1.54, 1.807) is 0 Å². The SMILES string of the molecule is Cc1cc(C)c(-c2cc3ccccc3c(COB(OCc3c(-c4c(C)cc(C)cc4C)c(-c4c(C)cc(C)cc4C)cc4ccccc34)OCc3c(-c4c(C)cc(C)cc4C)c(-c4c(C)cc(C)cc4C)cc4ccccc34)c2-c2c(C)cc(C)cc2C)c(C)c1. The molecule has 456 valence electrons. The highest BCUT2D eigenvalue weighted by Crippen LogP contribution is 2.49. The maximum Gasteiger partial charge on any atom is 0.640 e. The van der Waals surface area contributed by atoms with Gasteiger partial charge in [-0.2, -0.15) is 0 Å². The monoisotopic (exact) mass is 1190 g/mol. The molecule has 4 heteroatoms. The molecule has 12 aromatic carbocycles. The summed E-state index contributed by atoms with van der Waals surface area (Å²) in [6, 6.07) is 61.7. The second kappa shape index (κ2) is 25.2. The molecule has 0 aliphatic rings. The lowest BCUT2D eigenvalue weighted by Crippen LogP contribution is -2.27. The van der Waals surface area contributed by atoms with Gasteiger partial charge in [-0.05, 0) is 325 Å². The minimum atomic E-state index is -1.16. The van der Waals surface area contributed by atoms with Crippen LogP contribution in [0, 0.1) is 125 Å². The zero-order valence-electron chi connectivity index (χ0n) is 57.0. The van der Waals surface area contributed by atoms with Crippen molar-refractivity contribution in [3.63, 3.8) is 0 Å². The van der Waals surface area contributed by atoms with E-state index in [1.807, 2.05) is 0 Å². The van der Waals surface area contributed by atoms with E-state index < -0.39 is 7.32 Å². The van der Waals surface area contributed by atoms with Gasteiger partial charge >= 0.3 is 7.32 Å². The maximum atomic E-state index is 7.65. The molecule has 3 nitrogen and oxygen atoms in total. The lowest BCUT2D eigenvalue weighted by atomic mass is 9.80. The smallest absolute Gasteiger partial charge is 0.382 e. The second-order valence-electron chi connectivity index (χ2n) is 26.9. The largest absolute Gasteiger partial charge is 0.640 e. The van der Waals surface area contributed by atoms with Crippen molar-refractivity contribution in [2.75, 3.05) is 0 Å². The van der Waals surface area contributed by atoms with Crippen molar-refractivity contribution < 1.29 is 14.0 Å². The fraction of sp³-hybridized carbons (Fsp3) is 0.241. The summed E-state index contributed by atoms with van der Waals surface area (Å²) in [6.07, 6.45) is 0. The molecule has 0 aromatic heterocycles. The van der Waals surface area contributed by atoms with Gasteiger partial charge in [-0.1, -0.05) is 179 Å². The third-order valence-electron chi connectivity index (χ3n) is 19.2. The fourth-order valence-electron chi connectivity index (χ4n) is 16.3. The molecule has 0 spiro atoms. The molecule has 0 unspecified atom stereocenters. The average molecular weight is 1190 g/mol. The van der Waals surface area contributed by atoms with Crippen LogP contribution in [0.15, 0.2) is 164 Å². The first-order valence-electron chi connectivity index (χ1n) is 32.5. The van der Waals surface area contributed by atoms with Gasteiger partial charge in [-0.3, -0.25) is 0 Å². The summed E-state index contributed by atoms with van der Waals surface area (Å²) in [7, 11) is -1.16. The first kappa shape index (κ1) is 62.6. The Morgan fingerprint density at radius 2 is 0.407 bits per heavy atom. The van der Waals surface area contributed by atoms with Gasteiger partial charge in [0.05, 0.1) is 19.8 Å². The van der Waals surface area contributed by atoms with E-state index in [9.17, 15) is 0 Å². The third kappa shape index (κ3) is 11.9. The van der Waals surface area contributed by atoms with Gasteiger partial charge in [-0.15, -0.1) is 0 Å². The molecule has 0 atom stereocenters. The van der Waals surface area contributed by atoms with E-state index in [0.717, 1.165) is 49.0 Å². The Hall–Kier alpha value is -8.64. The molecule has 0 aliphatic heterocycles. The molecule has 12 rings (SSSR count). The minimum Gasteiger partial charge on any atom is -0.382 e. The Balaban J connectivity index is 1.11. The summed E-state index contributed by atoms with van der Waals surface area (Å²) < 4.78 is 22.9. The highest BCUT2D eigenvalue weighted by Gasteiger charge is 2.31. The zero-order chi connectivity index (χ0) is 64.4. The minimum absolute atomic E-state index is 0.197. The molecule has 0 amide bonds. The molecule has 0 bridgehead atoms. The fourth-order valence-corrected chi connectivity index (χ4v) is 16.3. The molecule has 0 radical (unpaired) electrons. The van der Waals surface area contributed by atoms with Crippen LogP contribution in [-0.4, -0.2) is 7.32 Å².